The van der Waals surface area contributed by atoms with Crippen molar-refractivity contribution in [1.29, 1.82) is 0 Å². The van der Waals surface area contributed by atoms with Gasteiger partial charge in [-0.25, -0.2) is 0 Å². The lowest BCUT2D eigenvalue weighted by Crippen LogP contribution is -2.31. The average molecular weight is 288 g/mol. The van der Waals surface area contributed by atoms with Crippen LogP contribution in [0.25, 0.3) is 0 Å². The summed E-state index contributed by atoms with van der Waals surface area (Å²) in [5.74, 6) is 0. The first-order chi connectivity index (χ1) is 7.72. The first kappa shape index (κ1) is 13.7. The quantitative estimate of drug-likeness (QED) is 0.744. The molecule has 1 heterocycles. The van der Waals surface area contributed by atoms with Crippen molar-refractivity contribution in [2.45, 2.75) is 52.1 Å². The Bertz CT molecular complexity index is 286. The van der Waals surface area contributed by atoms with Crippen LogP contribution in [0.5, 0.6) is 0 Å². The molecular weight excluding hydrogens is 266 g/mol. The molecule has 0 radical (unpaired) electrons. The molecule has 0 aliphatic rings. The molecule has 0 fully saturated rings. The minimum absolute atomic E-state index is 0.480. The Morgan fingerprint density at radius 2 is 2.25 bits per heavy atom. The third-order valence-corrected chi connectivity index (χ3v) is 3.00. The summed E-state index contributed by atoms with van der Waals surface area (Å²) >= 11 is 3.40. The zero-order chi connectivity index (χ0) is 11.8. The SMILES string of the molecule is CCCCCCNC(C)Cn1cc(Br)cn1. The van der Waals surface area contributed by atoms with Crippen LogP contribution in [0.15, 0.2) is 16.9 Å². The molecule has 0 saturated carbocycles. The van der Waals surface area contributed by atoms with Crippen LogP contribution in [-0.4, -0.2) is 22.4 Å². The lowest BCUT2D eigenvalue weighted by molar-refractivity contribution is 0.443. The van der Waals surface area contributed by atoms with Gasteiger partial charge in [-0.15, -0.1) is 0 Å². The second-order valence-corrected chi connectivity index (χ2v) is 5.21. The van der Waals surface area contributed by atoms with Gasteiger partial charge in [0.1, 0.15) is 0 Å². The molecule has 0 aliphatic heterocycles. The van der Waals surface area contributed by atoms with Gasteiger partial charge < -0.3 is 5.32 Å². The zero-order valence-electron chi connectivity index (χ0n) is 10.2. The fourth-order valence-electron chi connectivity index (χ4n) is 1.68. The third-order valence-electron chi connectivity index (χ3n) is 2.59. The summed E-state index contributed by atoms with van der Waals surface area (Å²) in [5, 5.41) is 7.77. The van der Waals surface area contributed by atoms with Gasteiger partial charge in [-0.2, -0.15) is 5.10 Å². The lowest BCUT2D eigenvalue weighted by Gasteiger charge is -2.13. The van der Waals surface area contributed by atoms with E-state index in [4.69, 9.17) is 0 Å². The van der Waals surface area contributed by atoms with Crippen LogP contribution in [0.4, 0.5) is 0 Å². The standard InChI is InChI=1S/C12H22BrN3/c1-3-4-5-6-7-14-11(2)9-16-10-12(13)8-15-16/h8,10-11,14H,3-7,9H2,1-2H3. The number of halogens is 1. The van der Waals surface area contributed by atoms with Crippen molar-refractivity contribution < 1.29 is 0 Å². The smallest absolute Gasteiger partial charge is 0.0632 e. The van der Waals surface area contributed by atoms with Gasteiger partial charge in [0.2, 0.25) is 0 Å². The van der Waals surface area contributed by atoms with Gasteiger partial charge in [0.15, 0.2) is 0 Å². The summed E-state index contributed by atoms with van der Waals surface area (Å²) in [5.41, 5.74) is 0. The summed E-state index contributed by atoms with van der Waals surface area (Å²) in [6.45, 7) is 6.49. The van der Waals surface area contributed by atoms with Crippen molar-refractivity contribution >= 4 is 15.9 Å². The molecule has 0 spiro atoms. The molecule has 0 aromatic carbocycles. The lowest BCUT2D eigenvalue weighted by atomic mass is 10.2. The van der Waals surface area contributed by atoms with Gasteiger partial charge in [0, 0.05) is 12.2 Å². The molecule has 0 bridgehead atoms. The predicted octanol–water partition coefficient (Wildman–Crippen LogP) is 3.20. The summed E-state index contributed by atoms with van der Waals surface area (Å²) in [6, 6.07) is 0.480. The van der Waals surface area contributed by atoms with E-state index in [0.29, 0.717) is 6.04 Å². The van der Waals surface area contributed by atoms with Crippen molar-refractivity contribution in [3.8, 4) is 0 Å². The van der Waals surface area contributed by atoms with Crippen molar-refractivity contribution in [2.24, 2.45) is 0 Å². The van der Waals surface area contributed by atoms with Gasteiger partial charge in [-0.3, -0.25) is 4.68 Å². The minimum Gasteiger partial charge on any atom is -0.312 e. The summed E-state index contributed by atoms with van der Waals surface area (Å²) in [6.07, 6.45) is 9.10. The maximum absolute atomic E-state index is 4.24. The molecule has 3 nitrogen and oxygen atoms in total. The molecule has 4 heteroatoms. The van der Waals surface area contributed by atoms with E-state index in [2.05, 4.69) is 40.2 Å². The van der Waals surface area contributed by atoms with E-state index in [9.17, 15) is 0 Å². The highest BCUT2D eigenvalue weighted by Gasteiger charge is 2.02. The topological polar surface area (TPSA) is 29.9 Å². The Labute approximate surface area is 107 Å². The van der Waals surface area contributed by atoms with E-state index in [1.54, 1.807) is 0 Å². The molecule has 1 aromatic heterocycles. The summed E-state index contributed by atoms with van der Waals surface area (Å²) in [7, 11) is 0. The molecule has 16 heavy (non-hydrogen) atoms. The molecule has 0 saturated heterocycles. The molecule has 1 unspecified atom stereocenters. The Hall–Kier alpha value is -0.350. The van der Waals surface area contributed by atoms with Crippen molar-refractivity contribution in [1.82, 2.24) is 15.1 Å². The van der Waals surface area contributed by atoms with Crippen LogP contribution >= 0.6 is 15.9 Å². The fraction of sp³-hybridized carbons (Fsp3) is 0.750. The number of hydrogen-bond acceptors (Lipinski definition) is 2. The summed E-state index contributed by atoms with van der Waals surface area (Å²) < 4.78 is 3.01. The largest absolute Gasteiger partial charge is 0.312 e. The van der Waals surface area contributed by atoms with Crippen LogP contribution in [0.3, 0.4) is 0 Å². The molecule has 1 N–H and O–H groups in total. The highest BCUT2D eigenvalue weighted by molar-refractivity contribution is 9.10. The second-order valence-electron chi connectivity index (χ2n) is 4.30. The van der Waals surface area contributed by atoms with E-state index in [1.807, 2.05) is 17.1 Å². The molecule has 92 valence electrons. The highest BCUT2D eigenvalue weighted by Crippen LogP contribution is 2.06. The van der Waals surface area contributed by atoms with Crippen LogP contribution in [0, 0.1) is 0 Å². The Balaban J connectivity index is 2.09. The van der Waals surface area contributed by atoms with Gasteiger partial charge in [-0.05, 0) is 35.8 Å². The minimum atomic E-state index is 0.480. The van der Waals surface area contributed by atoms with E-state index < -0.39 is 0 Å². The Morgan fingerprint density at radius 1 is 1.44 bits per heavy atom. The highest BCUT2D eigenvalue weighted by atomic mass is 79.9. The van der Waals surface area contributed by atoms with Crippen LogP contribution in [0.2, 0.25) is 0 Å². The molecule has 1 rings (SSSR count). The van der Waals surface area contributed by atoms with Crippen molar-refractivity contribution in [3.05, 3.63) is 16.9 Å². The maximum atomic E-state index is 4.24. The Morgan fingerprint density at radius 3 is 2.88 bits per heavy atom. The van der Waals surface area contributed by atoms with Crippen molar-refractivity contribution in [2.75, 3.05) is 6.54 Å². The monoisotopic (exact) mass is 287 g/mol. The van der Waals surface area contributed by atoms with E-state index in [0.717, 1.165) is 17.6 Å². The van der Waals surface area contributed by atoms with Crippen LogP contribution in [-0.2, 0) is 6.54 Å². The molecule has 1 aromatic rings. The second kappa shape index (κ2) is 7.85. The fourth-order valence-corrected chi connectivity index (χ4v) is 2.01. The van der Waals surface area contributed by atoms with Gasteiger partial charge in [0.25, 0.3) is 0 Å². The first-order valence-corrected chi connectivity index (χ1v) is 6.93. The van der Waals surface area contributed by atoms with Gasteiger partial charge in [-0.1, -0.05) is 26.2 Å². The predicted molar refractivity (Wildman–Crippen MR) is 71.5 cm³/mol. The van der Waals surface area contributed by atoms with Crippen LogP contribution in [0.1, 0.15) is 39.5 Å². The third kappa shape index (κ3) is 5.66. The average Bonchev–Trinajstić information content (AvgIpc) is 2.63. The normalized spacial score (nSPS) is 12.9. The Kier molecular flexibility index (Phi) is 6.73. The van der Waals surface area contributed by atoms with Crippen molar-refractivity contribution in [3.63, 3.8) is 0 Å². The van der Waals surface area contributed by atoms with Gasteiger partial charge in [0.05, 0.1) is 17.2 Å². The number of rotatable bonds is 8. The number of unbranched alkanes of at least 4 members (excludes halogenated alkanes) is 3. The maximum Gasteiger partial charge on any atom is 0.0632 e. The first-order valence-electron chi connectivity index (χ1n) is 6.13. The molecule has 1 atom stereocenters. The van der Waals surface area contributed by atoms with E-state index in [-0.39, 0.29) is 0 Å². The number of hydrogen-bond donors (Lipinski definition) is 1. The van der Waals surface area contributed by atoms with Crippen LogP contribution < -0.4 is 5.32 Å². The molecule has 0 amide bonds. The number of nitrogens with zero attached hydrogens (tertiary/aromatic N) is 2. The number of aromatic nitrogens is 2. The number of nitrogens with one attached hydrogen (secondary N) is 1. The zero-order valence-corrected chi connectivity index (χ0v) is 11.8. The molecular formula is C12H22BrN3. The summed E-state index contributed by atoms with van der Waals surface area (Å²) in [4.78, 5) is 0. The van der Waals surface area contributed by atoms with E-state index >= 15 is 0 Å². The van der Waals surface area contributed by atoms with Gasteiger partial charge >= 0.3 is 0 Å². The molecule has 0 aliphatic carbocycles. The van der Waals surface area contributed by atoms with E-state index in [1.165, 1.54) is 25.7 Å².